The van der Waals surface area contributed by atoms with E-state index in [9.17, 15) is 9.59 Å². The van der Waals surface area contributed by atoms with E-state index in [-0.39, 0.29) is 23.8 Å². The van der Waals surface area contributed by atoms with Crippen LogP contribution in [0.15, 0.2) is 24.3 Å². The maximum Gasteiger partial charge on any atom is 0.306 e. The van der Waals surface area contributed by atoms with Crippen LogP contribution in [0.3, 0.4) is 0 Å². The molecule has 1 saturated carbocycles. The summed E-state index contributed by atoms with van der Waals surface area (Å²) in [6.07, 6.45) is 2.28. The number of carbonyl (C=O) groups is 2. The van der Waals surface area contributed by atoms with Crippen LogP contribution in [-0.2, 0) is 9.59 Å². The lowest BCUT2D eigenvalue weighted by Gasteiger charge is -2.34. The summed E-state index contributed by atoms with van der Waals surface area (Å²) in [6.45, 7) is 3.48. The molecule has 1 heterocycles. The van der Waals surface area contributed by atoms with E-state index in [1.165, 1.54) is 0 Å². The van der Waals surface area contributed by atoms with Gasteiger partial charge in [-0.15, -0.1) is 0 Å². The molecule has 1 aliphatic carbocycles. The molecular formula is C19H25NO5. The fourth-order valence-electron chi connectivity index (χ4n) is 3.62. The van der Waals surface area contributed by atoms with E-state index in [0.29, 0.717) is 51.1 Å². The van der Waals surface area contributed by atoms with Gasteiger partial charge in [-0.25, -0.2) is 0 Å². The summed E-state index contributed by atoms with van der Waals surface area (Å²) in [5, 5.41) is 9.09. The molecule has 6 heteroatoms. The number of hydrogen-bond donors (Lipinski definition) is 1. The van der Waals surface area contributed by atoms with Crippen LogP contribution in [0.4, 0.5) is 0 Å². The highest BCUT2D eigenvalue weighted by atomic mass is 16.6. The van der Waals surface area contributed by atoms with Crippen LogP contribution in [0.2, 0.25) is 0 Å². The number of carboxylic acid groups (broad SMARTS) is 1. The van der Waals surface area contributed by atoms with Crippen LogP contribution < -0.4 is 9.47 Å². The van der Waals surface area contributed by atoms with Crippen molar-refractivity contribution in [3.63, 3.8) is 0 Å². The predicted molar refractivity (Wildman–Crippen MR) is 91.7 cm³/mol. The number of amides is 1. The zero-order valence-corrected chi connectivity index (χ0v) is 14.5. The van der Waals surface area contributed by atoms with Crippen LogP contribution >= 0.6 is 0 Å². The van der Waals surface area contributed by atoms with Gasteiger partial charge in [-0.2, -0.15) is 0 Å². The van der Waals surface area contributed by atoms with Gasteiger partial charge in [-0.3, -0.25) is 9.59 Å². The van der Waals surface area contributed by atoms with E-state index in [2.05, 4.69) is 0 Å². The number of hydrogen-bond acceptors (Lipinski definition) is 4. The normalized spacial score (nSPS) is 25.2. The van der Waals surface area contributed by atoms with Crippen molar-refractivity contribution in [2.75, 3.05) is 19.7 Å². The highest BCUT2D eigenvalue weighted by Gasteiger charge is 2.33. The molecule has 1 atom stereocenters. The first-order valence-electron chi connectivity index (χ1n) is 8.98. The van der Waals surface area contributed by atoms with E-state index in [4.69, 9.17) is 14.6 Å². The first-order chi connectivity index (χ1) is 12.1. The van der Waals surface area contributed by atoms with Crippen molar-refractivity contribution in [1.29, 1.82) is 0 Å². The number of benzene rings is 1. The molecule has 0 aromatic heterocycles. The maximum absolute atomic E-state index is 12.8. The lowest BCUT2D eigenvalue weighted by atomic mass is 9.81. The van der Waals surface area contributed by atoms with Crippen LogP contribution in [0.25, 0.3) is 0 Å². The monoisotopic (exact) mass is 347 g/mol. The minimum atomic E-state index is -0.746. The summed E-state index contributed by atoms with van der Waals surface area (Å²) < 4.78 is 11.7. The number of ether oxygens (including phenoxy) is 2. The Morgan fingerprint density at radius 3 is 2.40 bits per heavy atom. The zero-order chi connectivity index (χ0) is 17.8. The third-order valence-electron chi connectivity index (χ3n) is 5.11. The van der Waals surface area contributed by atoms with Crippen LogP contribution in [-0.4, -0.2) is 47.7 Å². The molecule has 3 rings (SSSR count). The van der Waals surface area contributed by atoms with Gasteiger partial charge in [-0.05, 0) is 44.7 Å². The lowest BCUT2D eigenvalue weighted by Crippen LogP contribution is -2.46. The van der Waals surface area contributed by atoms with Crippen LogP contribution in [0.1, 0.15) is 32.6 Å². The van der Waals surface area contributed by atoms with Gasteiger partial charge in [-0.1, -0.05) is 12.1 Å². The van der Waals surface area contributed by atoms with E-state index in [0.717, 1.165) is 5.75 Å². The summed E-state index contributed by atoms with van der Waals surface area (Å²) in [4.78, 5) is 25.7. The molecule has 0 bridgehead atoms. The predicted octanol–water partition coefficient (Wildman–Crippen LogP) is 2.57. The average molecular weight is 347 g/mol. The van der Waals surface area contributed by atoms with E-state index >= 15 is 0 Å². The summed E-state index contributed by atoms with van der Waals surface area (Å²) in [6, 6.07) is 7.54. The standard InChI is InChI=1S/C19H25NO5/c1-2-20(18(21)13-7-9-14(10-8-13)19(22)23)11-15-12-24-16-5-3-4-6-17(16)25-15/h3-6,13-15H,2,7-12H2,1H3,(H,22,23). The van der Waals surface area contributed by atoms with E-state index in [1.807, 2.05) is 36.1 Å². The number of likely N-dealkylation sites (N-methyl/N-ethyl adjacent to an activating group) is 1. The second kappa shape index (κ2) is 7.76. The Morgan fingerprint density at radius 1 is 1.12 bits per heavy atom. The fraction of sp³-hybridized carbons (Fsp3) is 0.579. The number of fused-ring (bicyclic) bond motifs is 1. The molecule has 1 fully saturated rings. The lowest BCUT2D eigenvalue weighted by molar-refractivity contribution is -0.146. The number of carboxylic acids is 1. The largest absolute Gasteiger partial charge is 0.486 e. The van der Waals surface area contributed by atoms with Crippen molar-refractivity contribution in [1.82, 2.24) is 4.90 Å². The van der Waals surface area contributed by atoms with Crippen molar-refractivity contribution < 1.29 is 24.2 Å². The van der Waals surface area contributed by atoms with Gasteiger partial charge in [0.25, 0.3) is 0 Å². The summed E-state index contributed by atoms with van der Waals surface area (Å²) in [5.41, 5.74) is 0. The fourth-order valence-corrected chi connectivity index (χ4v) is 3.62. The van der Waals surface area contributed by atoms with Crippen molar-refractivity contribution in [3.05, 3.63) is 24.3 Å². The van der Waals surface area contributed by atoms with Crippen LogP contribution in [0.5, 0.6) is 11.5 Å². The molecule has 1 aromatic carbocycles. The SMILES string of the molecule is CCN(CC1COc2ccccc2O1)C(=O)C1CCC(C(=O)O)CC1. The molecular weight excluding hydrogens is 322 g/mol. The molecule has 136 valence electrons. The molecule has 1 aliphatic heterocycles. The first kappa shape index (κ1) is 17.6. The molecule has 0 spiro atoms. The maximum atomic E-state index is 12.8. The number of para-hydroxylation sites is 2. The third-order valence-corrected chi connectivity index (χ3v) is 5.11. The molecule has 1 aromatic rings. The Morgan fingerprint density at radius 2 is 1.76 bits per heavy atom. The highest BCUT2D eigenvalue weighted by molar-refractivity contribution is 5.79. The van der Waals surface area contributed by atoms with Gasteiger partial charge in [0.15, 0.2) is 17.6 Å². The molecule has 0 radical (unpaired) electrons. The third kappa shape index (κ3) is 4.06. The Balaban J connectivity index is 1.56. The zero-order valence-electron chi connectivity index (χ0n) is 14.5. The van der Waals surface area contributed by atoms with Crippen molar-refractivity contribution >= 4 is 11.9 Å². The van der Waals surface area contributed by atoms with E-state index in [1.54, 1.807) is 0 Å². The Bertz CT molecular complexity index is 624. The molecule has 1 unspecified atom stereocenters. The van der Waals surface area contributed by atoms with Crippen molar-refractivity contribution in [2.24, 2.45) is 11.8 Å². The van der Waals surface area contributed by atoms with Gasteiger partial charge in [0, 0.05) is 12.5 Å². The molecule has 1 amide bonds. The van der Waals surface area contributed by atoms with Gasteiger partial charge in [0.05, 0.1) is 12.5 Å². The molecule has 25 heavy (non-hydrogen) atoms. The van der Waals surface area contributed by atoms with E-state index < -0.39 is 5.97 Å². The Kier molecular flexibility index (Phi) is 5.46. The topological polar surface area (TPSA) is 76.1 Å². The molecule has 2 aliphatic rings. The van der Waals surface area contributed by atoms with Gasteiger partial charge in [0.1, 0.15) is 6.61 Å². The second-order valence-electron chi connectivity index (χ2n) is 6.76. The van der Waals surface area contributed by atoms with Gasteiger partial charge in [0.2, 0.25) is 5.91 Å². The minimum absolute atomic E-state index is 0.0765. The quantitative estimate of drug-likeness (QED) is 0.886. The summed E-state index contributed by atoms with van der Waals surface area (Å²) in [7, 11) is 0. The Hall–Kier alpha value is -2.24. The smallest absolute Gasteiger partial charge is 0.306 e. The second-order valence-corrected chi connectivity index (χ2v) is 6.76. The van der Waals surface area contributed by atoms with Gasteiger partial charge < -0.3 is 19.5 Å². The van der Waals surface area contributed by atoms with Crippen LogP contribution in [0, 0.1) is 11.8 Å². The average Bonchev–Trinajstić information content (AvgIpc) is 2.65. The number of carbonyl (C=O) groups excluding carboxylic acids is 1. The minimum Gasteiger partial charge on any atom is -0.486 e. The summed E-state index contributed by atoms with van der Waals surface area (Å²) in [5.74, 6) is 0.431. The number of rotatable bonds is 5. The highest BCUT2D eigenvalue weighted by Crippen LogP contribution is 2.32. The molecule has 0 saturated heterocycles. The number of aliphatic carboxylic acids is 1. The first-order valence-corrected chi connectivity index (χ1v) is 8.98. The van der Waals surface area contributed by atoms with Crippen molar-refractivity contribution in [3.8, 4) is 11.5 Å². The van der Waals surface area contributed by atoms with Crippen molar-refractivity contribution in [2.45, 2.75) is 38.7 Å². The molecule has 1 N–H and O–H groups in total. The Labute approximate surface area is 147 Å². The van der Waals surface area contributed by atoms with Gasteiger partial charge >= 0.3 is 5.97 Å². The number of nitrogens with zero attached hydrogens (tertiary/aromatic N) is 1. The molecule has 6 nitrogen and oxygen atoms in total. The summed E-state index contributed by atoms with van der Waals surface area (Å²) >= 11 is 0.